The third-order valence-corrected chi connectivity index (χ3v) is 6.92. The molecule has 31 heavy (non-hydrogen) atoms. The van der Waals surface area contributed by atoms with E-state index in [9.17, 15) is 18.0 Å². The molecule has 2 heterocycles. The molecule has 10 nitrogen and oxygen atoms in total. The van der Waals surface area contributed by atoms with Gasteiger partial charge in [0.1, 0.15) is 12.4 Å². The van der Waals surface area contributed by atoms with Gasteiger partial charge in [-0.2, -0.15) is 0 Å². The van der Waals surface area contributed by atoms with Gasteiger partial charge in [-0.25, -0.2) is 27.5 Å². The second-order valence-corrected chi connectivity index (χ2v) is 9.92. The van der Waals surface area contributed by atoms with E-state index in [4.69, 9.17) is 4.74 Å². The number of fused-ring (bicyclic) bond motifs is 1. The summed E-state index contributed by atoms with van der Waals surface area (Å²) in [5.41, 5.74) is 1.35. The number of nitrogens with zero attached hydrogens (tertiary/aromatic N) is 4. The molecule has 3 rings (SSSR count). The molecule has 0 radical (unpaired) electrons. The number of ether oxygens (including phenoxy) is 1. The summed E-state index contributed by atoms with van der Waals surface area (Å²) in [6.45, 7) is 3.89. The molecule has 0 unspecified atom stereocenters. The molecule has 0 aliphatic rings. The Labute approximate surface area is 183 Å². The molecule has 1 amide bonds. The first-order chi connectivity index (χ1) is 14.6. The number of rotatable bonds is 8. The maximum atomic E-state index is 12.4. The maximum Gasteiger partial charge on any atom is 0.358 e. The van der Waals surface area contributed by atoms with Crippen molar-refractivity contribution in [1.82, 2.24) is 18.8 Å². The van der Waals surface area contributed by atoms with Gasteiger partial charge in [-0.3, -0.25) is 4.79 Å². The van der Waals surface area contributed by atoms with Crippen LogP contribution in [0, 0.1) is 0 Å². The van der Waals surface area contributed by atoms with Crippen molar-refractivity contribution >= 4 is 49.4 Å². The van der Waals surface area contributed by atoms with Gasteiger partial charge >= 0.3 is 5.97 Å². The van der Waals surface area contributed by atoms with Crippen molar-refractivity contribution in [2.24, 2.45) is 0 Å². The molecule has 0 aliphatic heterocycles. The lowest BCUT2D eigenvalue weighted by molar-refractivity contribution is -0.114. The summed E-state index contributed by atoms with van der Waals surface area (Å²) in [7, 11) is -0.654. The molecule has 0 atom stereocenters. The van der Waals surface area contributed by atoms with E-state index in [1.165, 1.54) is 32.5 Å². The second kappa shape index (κ2) is 9.12. The van der Waals surface area contributed by atoms with Gasteiger partial charge < -0.3 is 14.6 Å². The zero-order valence-electron chi connectivity index (χ0n) is 17.6. The first-order valence-electron chi connectivity index (χ1n) is 9.45. The van der Waals surface area contributed by atoms with Crippen LogP contribution in [0.5, 0.6) is 0 Å². The monoisotopic (exact) mass is 465 g/mol. The normalized spacial score (nSPS) is 11.8. The van der Waals surface area contributed by atoms with Crippen LogP contribution in [0.3, 0.4) is 0 Å². The molecular weight excluding hydrogens is 442 g/mol. The Morgan fingerprint density at radius 1 is 1.26 bits per heavy atom. The van der Waals surface area contributed by atoms with E-state index < -0.39 is 16.0 Å². The molecule has 166 valence electrons. The minimum atomic E-state index is -3.59. The lowest BCUT2D eigenvalue weighted by atomic mass is 10.3. The number of aromatic nitrogens is 3. The number of carbonyl (C=O) groups excluding carboxylic acids is 2. The van der Waals surface area contributed by atoms with Crippen LogP contribution >= 0.6 is 11.3 Å². The third kappa shape index (κ3) is 4.92. The molecule has 0 bridgehead atoms. The Kier molecular flexibility index (Phi) is 6.72. The first-order valence-corrected chi connectivity index (χ1v) is 11.8. The zero-order valence-corrected chi connectivity index (χ0v) is 19.2. The number of aryl methyl sites for hydroxylation is 1. The van der Waals surface area contributed by atoms with E-state index in [-0.39, 0.29) is 23.1 Å². The third-order valence-electron chi connectivity index (χ3n) is 4.35. The number of benzene rings is 1. The Morgan fingerprint density at radius 3 is 2.65 bits per heavy atom. The first kappa shape index (κ1) is 22.8. The molecule has 0 aliphatic carbocycles. The minimum absolute atomic E-state index is 0.0891. The number of thiazole rings is 1. The van der Waals surface area contributed by atoms with Crippen LogP contribution in [-0.2, 0) is 32.7 Å². The van der Waals surface area contributed by atoms with Gasteiger partial charge in [0.05, 0.1) is 15.9 Å². The second-order valence-electron chi connectivity index (χ2n) is 6.91. The van der Waals surface area contributed by atoms with Crippen molar-refractivity contribution < 1.29 is 22.7 Å². The number of hydrogen-bond donors (Lipinski definition) is 1. The fourth-order valence-corrected chi connectivity index (χ4v) is 4.54. The number of imidazole rings is 1. The van der Waals surface area contributed by atoms with Crippen molar-refractivity contribution in [2.45, 2.75) is 38.3 Å². The van der Waals surface area contributed by atoms with Gasteiger partial charge in [-0.05, 0) is 24.6 Å². The summed E-state index contributed by atoms with van der Waals surface area (Å²) in [5.74, 6) is -0.418. The van der Waals surface area contributed by atoms with Crippen LogP contribution in [0.4, 0.5) is 5.13 Å². The average Bonchev–Trinajstić information content (AvgIpc) is 3.30. The Bertz CT molecular complexity index is 1230. The fraction of sp³-hybridized carbons (Fsp3) is 0.368. The molecule has 2 aromatic heterocycles. The van der Waals surface area contributed by atoms with Crippen molar-refractivity contribution in [2.75, 3.05) is 19.4 Å². The van der Waals surface area contributed by atoms with E-state index in [1.807, 2.05) is 11.5 Å². The topological polar surface area (TPSA) is 123 Å². The van der Waals surface area contributed by atoms with Crippen LogP contribution in [0.2, 0.25) is 0 Å². The number of carbonyl (C=O) groups is 2. The van der Waals surface area contributed by atoms with Gasteiger partial charge in [0, 0.05) is 32.9 Å². The summed E-state index contributed by atoms with van der Waals surface area (Å²) in [4.78, 5) is 32.1. The van der Waals surface area contributed by atoms with Crippen LogP contribution in [-0.4, -0.2) is 53.2 Å². The average molecular weight is 466 g/mol. The smallest absolute Gasteiger partial charge is 0.358 e. The molecule has 0 spiro atoms. The number of esters is 1. The SMILES string of the molecule is CCCn1c(COC(=O)c2csc(NC(C)=O)n2)nc2cc(S(=O)(=O)N(C)C)ccc21. The number of anilines is 1. The highest BCUT2D eigenvalue weighted by Crippen LogP contribution is 2.23. The van der Waals surface area contributed by atoms with Gasteiger partial charge in [-0.1, -0.05) is 6.92 Å². The van der Waals surface area contributed by atoms with Crippen molar-refractivity contribution in [3.05, 3.63) is 35.1 Å². The van der Waals surface area contributed by atoms with Gasteiger partial charge in [0.25, 0.3) is 0 Å². The highest BCUT2D eigenvalue weighted by Gasteiger charge is 2.20. The highest BCUT2D eigenvalue weighted by molar-refractivity contribution is 7.89. The molecular formula is C19H23N5O5S2. The Hall–Kier alpha value is -2.83. The van der Waals surface area contributed by atoms with E-state index in [0.29, 0.717) is 23.0 Å². The fourth-order valence-electron chi connectivity index (χ4n) is 2.89. The summed E-state index contributed by atoms with van der Waals surface area (Å²) in [6.07, 6.45) is 0.816. The summed E-state index contributed by atoms with van der Waals surface area (Å²) < 4.78 is 33.3. The van der Waals surface area contributed by atoms with Gasteiger partial charge in [0.15, 0.2) is 10.8 Å². The number of sulfonamides is 1. The van der Waals surface area contributed by atoms with Gasteiger partial charge in [-0.15, -0.1) is 11.3 Å². The molecule has 1 aromatic carbocycles. The molecule has 0 saturated carbocycles. The Morgan fingerprint density at radius 2 is 2.00 bits per heavy atom. The van der Waals surface area contributed by atoms with E-state index >= 15 is 0 Å². The molecule has 0 saturated heterocycles. The van der Waals surface area contributed by atoms with Crippen molar-refractivity contribution in [1.29, 1.82) is 0 Å². The molecule has 12 heteroatoms. The minimum Gasteiger partial charge on any atom is -0.453 e. The summed E-state index contributed by atoms with van der Waals surface area (Å²) >= 11 is 1.12. The van der Waals surface area contributed by atoms with Crippen LogP contribution in [0.1, 0.15) is 36.6 Å². The largest absolute Gasteiger partial charge is 0.453 e. The summed E-state index contributed by atoms with van der Waals surface area (Å²) in [5, 5.41) is 4.33. The van der Waals surface area contributed by atoms with Crippen LogP contribution in [0.25, 0.3) is 11.0 Å². The predicted molar refractivity (Wildman–Crippen MR) is 116 cm³/mol. The number of hydrogen-bond acceptors (Lipinski definition) is 8. The maximum absolute atomic E-state index is 12.4. The van der Waals surface area contributed by atoms with E-state index in [0.717, 1.165) is 27.6 Å². The quantitative estimate of drug-likeness (QED) is 0.507. The molecule has 0 fully saturated rings. The standard InChI is InChI=1S/C19H23N5O5S2/c1-5-8-24-16-7-6-13(31(27,28)23(3)4)9-14(16)21-17(24)10-29-18(26)15-11-30-19(22-15)20-12(2)25/h6-7,9,11H,5,8,10H2,1-4H3,(H,20,22,25). The lowest BCUT2D eigenvalue weighted by Crippen LogP contribution is -2.22. The zero-order chi connectivity index (χ0) is 22.8. The molecule has 3 aromatic rings. The van der Waals surface area contributed by atoms with Crippen LogP contribution < -0.4 is 5.32 Å². The van der Waals surface area contributed by atoms with Crippen molar-refractivity contribution in [3.63, 3.8) is 0 Å². The van der Waals surface area contributed by atoms with Crippen molar-refractivity contribution in [3.8, 4) is 0 Å². The summed E-state index contributed by atoms with van der Waals surface area (Å²) in [6, 6.07) is 4.77. The highest BCUT2D eigenvalue weighted by atomic mass is 32.2. The Balaban J connectivity index is 1.85. The van der Waals surface area contributed by atoms with Crippen LogP contribution in [0.15, 0.2) is 28.5 Å². The number of nitrogens with one attached hydrogen (secondary N) is 1. The van der Waals surface area contributed by atoms with Gasteiger partial charge in [0.2, 0.25) is 15.9 Å². The number of amides is 1. The lowest BCUT2D eigenvalue weighted by Gasteiger charge is -2.11. The molecule has 1 N–H and O–H groups in total. The van der Waals surface area contributed by atoms with E-state index in [1.54, 1.807) is 12.1 Å². The van der Waals surface area contributed by atoms with E-state index in [2.05, 4.69) is 15.3 Å². The predicted octanol–water partition coefficient (Wildman–Crippen LogP) is 2.47.